The molecule has 6 heteroatoms. The molecule has 0 rings (SSSR count). The van der Waals surface area contributed by atoms with Crippen LogP contribution in [0.1, 0.15) is 444 Å². The summed E-state index contributed by atoms with van der Waals surface area (Å²) in [6, 6.07) is -0.628. The number of amides is 1. The molecule has 0 spiro atoms. The molecule has 0 aliphatic heterocycles. The van der Waals surface area contributed by atoms with Crippen molar-refractivity contribution in [1.29, 1.82) is 0 Å². The monoisotopic (exact) mass is 1250 g/mol. The third-order valence-corrected chi connectivity index (χ3v) is 18.8. The average Bonchev–Trinajstić information content (AvgIpc) is 3.55. The fraction of sp³-hybridized carbons (Fsp3) is 0.880. The summed E-state index contributed by atoms with van der Waals surface area (Å²) >= 11 is 0. The van der Waals surface area contributed by atoms with Crippen LogP contribution in [0, 0.1) is 0 Å². The Kier molecular flexibility index (Phi) is 76.3. The Labute approximate surface area is 556 Å². The molecule has 0 saturated carbocycles. The first-order valence-corrected chi connectivity index (χ1v) is 40.4. The molecule has 0 aromatic rings. The van der Waals surface area contributed by atoms with Gasteiger partial charge in [0.25, 0.3) is 0 Å². The molecular formula is C83H157NO5. The van der Waals surface area contributed by atoms with Crippen molar-refractivity contribution in [2.24, 2.45) is 0 Å². The molecule has 0 aliphatic rings. The van der Waals surface area contributed by atoms with Crippen LogP contribution in [-0.2, 0) is 14.3 Å². The summed E-state index contributed by atoms with van der Waals surface area (Å²) in [7, 11) is 0. The molecule has 0 aromatic heterocycles. The van der Waals surface area contributed by atoms with E-state index in [0.29, 0.717) is 19.4 Å². The van der Waals surface area contributed by atoms with Crippen molar-refractivity contribution in [1.82, 2.24) is 5.32 Å². The van der Waals surface area contributed by atoms with E-state index in [9.17, 15) is 19.8 Å². The number of esters is 1. The number of aliphatic hydroxyl groups excluding tert-OH is 2. The third-order valence-electron chi connectivity index (χ3n) is 18.8. The standard InChI is InChI=1S/C83H157NO5/c1-3-5-7-9-11-13-15-17-18-19-20-21-39-42-45-48-52-55-59-63-67-71-75-81(86)80(79-85)84-82(87)76-72-68-64-60-56-53-49-46-43-40-37-35-33-31-29-27-25-23-22-24-26-28-30-32-34-36-38-41-44-47-50-54-58-62-66-70-74-78-89-83(88)77-73-69-65-61-57-51-16-14-12-10-8-6-4-2/h14,16,22,24,28,30,71,75,80-81,85-86H,3-13,15,17-21,23,25-27,29,31-70,72-74,76-79H2,1-2H3,(H,84,87)/b16-14-,24-22-,30-28-,75-71+. The quantitative estimate of drug-likeness (QED) is 0.0320. The van der Waals surface area contributed by atoms with Gasteiger partial charge in [-0.15, -0.1) is 0 Å². The number of aliphatic hydroxyl groups is 2. The van der Waals surface area contributed by atoms with Crippen LogP contribution in [-0.4, -0.2) is 47.4 Å². The predicted molar refractivity (Wildman–Crippen MR) is 393 cm³/mol. The minimum Gasteiger partial charge on any atom is -0.466 e. The number of carbonyl (C=O) groups excluding carboxylic acids is 2. The lowest BCUT2D eigenvalue weighted by atomic mass is 10.0. The summed E-state index contributed by atoms with van der Waals surface area (Å²) in [4.78, 5) is 24.6. The second kappa shape index (κ2) is 78.3. The van der Waals surface area contributed by atoms with Crippen LogP contribution in [0.4, 0.5) is 0 Å². The summed E-state index contributed by atoms with van der Waals surface area (Å²) in [5.41, 5.74) is 0. The molecule has 89 heavy (non-hydrogen) atoms. The average molecular weight is 1250 g/mol. The SMILES string of the molecule is CCCCCC/C=C\CCCCCCCC(=O)OCCCCCCCCCCCCCCC/C=C\C/C=C\CCCCCCCCCCCCCCCCCCCC(=O)NC(CO)C(O)/C=C/CCCCCCCCCCCCCCCCCCCCCC. The number of ether oxygens (including phenoxy) is 1. The number of hydrogen-bond acceptors (Lipinski definition) is 5. The van der Waals surface area contributed by atoms with Crippen LogP contribution < -0.4 is 5.32 Å². The number of allylic oxidation sites excluding steroid dienone is 7. The van der Waals surface area contributed by atoms with Gasteiger partial charge in [-0.25, -0.2) is 0 Å². The van der Waals surface area contributed by atoms with Crippen molar-refractivity contribution in [3.63, 3.8) is 0 Å². The van der Waals surface area contributed by atoms with E-state index in [-0.39, 0.29) is 18.5 Å². The Balaban J connectivity index is 3.39. The number of hydrogen-bond donors (Lipinski definition) is 3. The Hall–Kier alpha value is -2.18. The molecule has 3 N–H and O–H groups in total. The van der Waals surface area contributed by atoms with Gasteiger partial charge < -0.3 is 20.3 Å². The lowest BCUT2D eigenvalue weighted by Crippen LogP contribution is -2.45. The summed E-state index contributed by atoms with van der Waals surface area (Å²) in [5, 5.41) is 23.3. The van der Waals surface area contributed by atoms with E-state index in [1.54, 1.807) is 6.08 Å². The van der Waals surface area contributed by atoms with Gasteiger partial charge in [0.1, 0.15) is 0 Å². The Morgan fingerprint density at radius 2 is 0.562 bits per heavy atom. The molecule has 524 valence electrons. The fourth-order valence-corrected chi connectivity index (χ4v) is 12.7. The van der Waals surface area contributed by atoms with Crippen LogP contribution in [0.2, 0.25) is 0 Å². The Morgan fingerprint density at radius 1 is 0.315 bits per heavy atom. The normalized spacial score (nSPS) is 12.7. The molecule has 1 amide bonds. The second-order valence-corrected chi connectivity index (χ2v) is 27.7. The van der Waals surface area contributed by atoms with Gasteiger partial charge in [-0.2, -0.15) is 0 Å². The topological polar surface area (TPSA) is 95.9 Å². The van der Waals surface area contributed by atoms with Crippen molar-refractivity contribution >= 4 is 11.9 Å². The lowest BCUT2D eigenvalue weighted by Gasteiger charge is -2.20. The first kappa shape index (κ1) is 86.8. The molecular weight excluding hydrogens is 1090 g/mol. The zero-order chi connectivity index (χ0) is 64.2. The van der Waals surface area contributed by atoms with E-state index in [2.05, 4.69) is 55.6 Å². The molecule has 0 aliphatic carbocycles. The smallest absolute Gasteiger partial charge is 0.305 e. The molecule has 0 fully saturated rings. The first-order valence-electron chi connectivity index (χ1n) is 40.4. The number of carbonyl (C=O) groups is 2. The highest BCUT2D eigenvalue weighted by atomic mass is 16.5. The van der Waals surface area contributed by atoms with Gasteiger partial charge in [0.05, 0.1) is 25.4 Å². The zero-order valence-electron chi connectivity index (χ0n) is 60.2. The molecule has 0 radical (unpaired) electrons. The second-order valence-electron chi connectivity index (χ2n) is 27.7. The largest absolute Gasteiger partial charge is 0.466 e. The molecule has 2 unspecified atom stereocenters. The number of unbranched alkanes of at least 4 members (excludes halogenated alkanes) is 59. The minimum absolute atomic E-state index is 0.00966. The Bertz CT molecular complexity index is 1490. The first-order chi connectivity index (χ1) is 44.0. The van der Waals surface area contributed by atoms with Gasteiger partial charge in [0.2, 0.25) is 5.91 Å². The Morgan fingerprint density at radius 3 is 0.876 bits per heavy atom. The predicted octanol–water partition coefficient (Wildman–Crippen LogP) is 26.8. The number of rotatable bonds is 76. The minimum atomic E-state index is -0.844. The van der Waals surface area contributed by atoms with Crippen LogP contribution in [0.5, 0.6) is 0 Å². The van der Waals surface area contributed by atoms with Crippen molar-refractivity contribution in [2.75, 3.05) is 13.2 Å². The summed E-state index contributed by atoms with van der Waals surface area (Å²) in [6.45, 7) is 4.93. The molecule has 2 atom stereocenters. The maximum absolute atomic E-state index is 12.5. The molecule has 0 aromatic carbocycles. The van der Waals surface area contributed by atoms with Crippen LogP contribution in [0.25, 0.3) is 0 Å². The van der Waals surface area contributed by atoms with Crippen molar-refractivity contribution in [3.8, 4) is 0 Å². The maximum Gasteiger partial charge on any atom is 0.305 e. The fourth-order valence-electron chi connectivity index (χ4n) is 12.7. The molecule has 0 saturated heterocycles. The van der Waals surface area contributed by atoms with Crippen molar-refractivity contribution < 1.29 is 24.5 Å². The third kappa shape index (κ3) is 74.7. The van der Waals surface area contributed by atoms with E-state index < -0.39 is 12.1 Å². The molecule has 0 heterocycles. The number of nitrogens with one attached hydrogen (secondary N) is 1. The summed E-state index contributed by atoms with van der Waals surface area (Å²) in [6.07, 6.45) is 104. The van der Waals surface area contributed by atoms with Crippen LogP contribution in [0.3, 0.4) is 0 Å². The highest BCUT2D eigenvalue weighted by molar-refractivity contribution is 5.76. The van der Waals surface area contributed by atoms with Gasteiger partial charge in [-0.05, 0) is 89.9 Å². The van der Waals surface area contributed by atoms with Gasteiger partial charge >= 0.3 is 5.97 Å². The zero-order valence-corrected chi connectivity index (χ0v) is 60.2. The molecule has 6 nitrogen and oxygen atoms in total. The highest BCUT2D eigenvalue weighted by Gasteiger charge is 2.18. The van der Waals surface area contributed by atoms with E-state index in [1.807, 2.05) is 6.08 Å². The van der Waals surface area contributed by atoms with E-state index in [0.717, 1.165) is 51.4 Å². The summed E-state index contributed by atoms with van der Waals surface area (Å²) < 4.78 is 5.48. The van der Waals surface area contributed by atoms with Crippen molar-refractivity contribution in [3.05, 3.63) is 48.6 Å². The van der Waals surface area contributed by atoms with Crippen LogP contribution in [0.15, 0.2) is 48.6 Å². The highest BCUT2D eigenvalue weighted by Crippen LogP contribution is 2.19. The maximum atomic E-state index is 12.5. The van der Waals surface area contributed by atoms with Gasteiger partial charge in [-0.3, -0.25) is 9.59 Å². The lowest BCUT2D eigenvalue weighted by molar-refractivity contribution is -0.143. The van der Waals surface area contributed by atoms with Crippen LogP contribution >= 0.6 is 0 Å². The van der Waals surface area contributed by atoms with Crippen molar-refractivity contribution in [2.45, 2.75) is 456 Å². The van der Waals surface area contributed by atoms with Gasteiger partial charge in [0, 0.05) is 12.8 Å². The van der Waals surface area contributed by atoms with Gasteiger partial charge in [-0.1, -0.05) is 390 Å². The molecule has 0 bridgehead atoms. The van der Waals surface area contributed by atoms with Gasteiger partial charge in [0.15, 0.2) is 0 Å². The van der Waals surface area contributed by atoms with E-state index in [1.165, 1.54) is 366 Å². The van der Waals surface area contributed by atoms with E-state index in [4.69, 9.17) is 4.74 Å². The summed E-state index contributed by atoms with van der Waals surface area (Å²) in [5.74, 6) is -0.0512. The van der Waals surface area contributed by atoms with E-state index >= 15 is 0 Å².